The predicted octanol–water partition coefficient (Wildman–Crippen LogP) is 3.75. The number of carbonyl (C=O) groups is 1. The van der Waals surface area contributed by atoms with Crippen LogP contribution in [0.5, 0.6) is 0 Å². The number of fused-ring (bicyclic) bond motifs is 1. The first-order chi connectivity index (χ1) is 9.56. The minimum atomic E-state index is -0.249. The molecular formula is C17H16FNO. The van der Waals surface area contributed by atoms with Crippen LogP contribution in [-0.2, 0) is 6.42 Å². The molecule has 3 rings (SSSR count). The molecule has 1 aliphatic carbocycles. The normalized spacial score (nSPS) is 17.9. The molecular weight excluding hydrogens is 253 g/mol. The maximum atomic E-state index is 13.5. The number of nitrogens with zero attached hydrogens (tertiary/aromatic N) is 1. The van der Waals surface area contributed by atoms with E-state index in [1.807, 2.05) is 19.9 Å². The second-order valence-corrected chi connectivity index (χ2v) is 5.48. The van der Waals surface area contributed by atoms with E-state index in [4.69, 9.17) is 0 Å². The Labute approximate surface area is 117 Å². The average Bonchev–Trinajstić information content (AvgIpc) is 2.41. The summed E-state index contributed by atoms with van der Waals surface area (Å²) in [6, 6.07) is 6.65. The Morgan fingerprint density at radius 3 is 2.75 bits per heavy atom. The van der Waals surface area contributed by atoms with Gasteiger partial charge in [0, 0.05) is 18.2 Å². The first-order valence-corrected chi connectivity index (χ1v) is 6.80. The highest BCUT2D eigenvalue weighted by Gasteiger charge is 2.29. The number of benzene rings is 1. The molecule has 0 bridgehead atoms. The zero-order valence-electron chi connectivity index (χ0n) is 11.6. The summed E-state index contributed by atoms with van der Waals surface area (Å²) in [4.78, 5) is 16.7. The lowest BCUT2D eigenvalue weighted by Gasteiger charge is -2.25. The van der Waals surface area contributed by atoms with E-state index < -0.39 is 0 Å². The van der Waals surface area contributed by atoms with Crippen LogP contribution >= 0.6 is 0 Å². The third kappa shape index (κ3) is 2.13. The summed E-state index contributed by atoms with van der Waals surface area (Å²) in [7, 11) is 0. The molecule has 1 atom stereocenters. The molecule has 0 amide bonds. The highest BCUT2D eigenvalue weighted by molar-refractivity contribution is 6.00. The van der Waals surface area contributed by atoms with Gasteiger partial charge in [0.2, 0.25) is 0 Å². The summed E-state index contributed by atoms with van der Waals surface area (Å²) in [5, 5.41) is 0. The van der Waals surface area contributed by atoms with Crippen molar-refractivity contribution in [3.63, 3.8) is 0 Å². The van der Waals surface area contributed by atoms with Gasteiger partial charge in [0.05, 0.1) is 5.69 Å². The molecule has 3 heteroatoms. The molecule has 102 valence electrons. The van der Waals surface area contributed by atoms with Crippen LogP contribution in [0, 0.1) is 19.7 Å². The largest absolute Gasteiger partial charge is 0.294 e. The Morgan fingerprint density at radius 1 is 1.15 bits per heavy atom. The fourth-order valence-corrected chi connectivity index (χ4v) is 3.05. The first-order valence-electron chi connectivity index (χ1n) is 6.80. The van der Waals surface area contributed by atoms with Gasteiger partial charge in [0.15, 0.2) is 5.78 Å². The van der Waals surface area contributed by atoms with Crippen molar-refractivity contribution in [2.45, 2.75) is 32.6 Å². The van der Waals surface area contributed by atoms with Crippen LogP contribution in [0.2, 0.25) is 0 Å². The number of hydrogen-bond donors (Lipinski definition) is 0. The van der Waals surface area contributed by atoms with E-state index in [0.29, 0.717) is 12.8 Å². The van der Waals surface area contributed by atoms with Gasteiger partial charge in [-0.25, -0.2) is 4.39 Å². The third-order valence-corrected chi connectivity index (χ3v) is 4.07. The van der Waals surface area contributed by atoms with Gasteiger partial charge in [-0.15, -0.1) is 0 Å². The van der Waals surface area contributed by atoms with E-state index in [0.717, 1.165) is 27.9 Å². The van der Waals surface area contributed by atoms with E-state index in [-0.39, 0.29) is 17.5 Å². The van der Waals surface area contributed by atoms with Crippen LogP contribution in [0.25, 0.3) is 0 Å². The van der Waals surface area contributed by atoms with Crippen molar-refractivity contribution in [3.05, 3.63) is 64.2 Å². The van der Waals surface area contributed by atoms with Crippen molar-refractivity contribution in [1.29, 1.82) is 0 Å². The Morgan fingerprint density at radius 2 is 1.95 bits per heavy atom. The van der Waals surface area contributed by atoms with Gasteiger partial charge in [-0.05, 0) is 61.1 Å². The Balaban J connectivity index is 2.04. The van der Waals surface area contributed by atoms with Crippen molar-refractivity contribution in [2.24, 2.45) is 0 Å². The quantitative estimate of drug-likeness (QED) is 0.789. The number of Topliss-reactive ketones (excluding diaryl/α,β-unsaturated/α-hetero) is 1. The van der Waals surface area contributed by atoms with Crippen LogP contribution in [0.1, 0.15) is 45.1 Å². The number of hydrogen-bond acceptors (Lipinski definition) is 2. The van der Waals surface area contributed by atoms with Crippen LogP contribution in [0.3, 0.4) is 0 Å². The smallest absolute Gasteiger partial charge is 0.165 e. The summed E-state index contributed by atoms with van der Waals surface area (Å²) >= 11 is 0. The molecule has 2 nitrogen and oxygen atoms in total. The second kappa shape index (κ2) is 4.82. The topological polar surface area (TPSA) is 30.0 Å². The zero-order valence-corrected chi connectivity index (χ0v) is 11.6. The third-order valence-electron chi connectivity index (χ3n) is 4.07. The molecule has 0 unspecified atom stereocenters. The van der Waals surface area contributed by atoms with Crippen LogP contribution in [0.4, 0.5) is 4.39 Å². The number of rotatable bonds is 1. The summed E-state index contributed by atoms with van der Waals surface area (Å²) in [6.45, 7) is 3.89. The predicted molar refractivity (Wildman–Crippen MR) is 75.5 cm³/mol. The molecule has 0 saturated carbocycles. The van der Waals surface area contributed by atoms with Crippen molar-refractivity contribution >= 4 is 5.78 Å². The maximum absolute atomic E-state index is 13.5. The Bertz CT molecular complexity index is 693. The molecule has 2 aromatic rings. The van der Waals surface area contributed by atoms with Gasteiger partial charge in [0.1, 0.15) is 5.82 Å². The molecule has 1 aromatic heterocycles. The van der Waals surface area contributed by atoms with E-state index in [9.17, 15) is 9.18 Å². The Kier molecular flexibility index (Phi) is 3.13. The maximum Gasteiger partial charge on any atom is 0.165 e. The van der Waals surface area contributed by atoms with E-state index in [2.05, 4.69) is 4.98 Å². The van der Waals surface area contributed by atoms with Gasteiger partial charge in [-0.2, -0.15) is 0 Å². The molecule has 20 heavy (non-hydrogen) atoms. The molecule has 1 heterocycles. The zero-order chi connectivity index (χ0) is 14.3. The molecule has 0 saturated heterocycles. The van der Waals surface area contributed by atoms with Crippen molar-refractivity contribution < 1.29 is 9.18 Å². The van der Waals surface area contributed by atoms with Crippen LogP contribution in [-0.4, -0.2) is 10.8 Å². The minimum Gasteiger partial charge on any atom is -0.294 e. The second-order valence-electron chi connectivity index (χ2n) is 5.48. The summed E-state index contributed by atoms with van der Waals surface area (Å²) in [5.41, 5.74) is 4.54. The molecule has 0 radical (unpaired) electrons. The fourth-order valence-electron chi connectivity index (χ4n) is 3.05. The molecule has 0 aliphatic heterocycles. The van der Waals surface area contributed by atoms with Crippen molar-refractivity contribution in [3.8, 4) is 0 Å². The SMILES string of the molecule is Cc1ccc(F)cc1[C@@H]1CC(=O)c2c(C)ccnc2C1. The van der Waals surface area contributed by atoms with Gasteiger partial charge in [0.25, 0.3) is 0 Å². The van der Waals surface area contributed by atoms with Gasteiger partial charge >= 0.3 is 0 Å². The van der Waals surface area contributed by atoms with Gasteiger partial charge in [-0.3, -0.25) is 9.78 Å². The number of halogens is 1. The van der Waals surface area contributed by atoms with Gasteiger partial charge in [-0.1, -0.05) is 6.07 Å². The van der Waals surface area contributed by atoms with Crippen LogP contribution < -0.4 is 0 Å². The summed E-state index contributed by atoms with van der Waals surface area (Å²) < 4.78 is 13.5. The number of carbonyl (C=O) groups excluding carboxylic acids is 1. The van der Waals surface area contributed by atoms with Crippen molar-refractivity contribution in [1.82, 2.24) is 4.98 Å². The number of aromatic nitrogens is 1. The monoisotopic (exact) mass is 269 g/mol. The number of aryl methyl sites for hydroxylation is 2. The minimum absolute atomic E-state index is 0.0278. The lowest BCUT2D eigenvalue weighted by molar-refractivity contribution is 0.0962. The van der Waals surface area contributed by atoms with Crippen LogP contribution in [0.15, 0.2) is 30.5 Å². The fraction of sp³-hybridized carbons (Fsp3) is 0.294. The first kappa shape index (κ1) is 13.0. The lowest BCUT2D eigenvalue weighted by Crippen LogP contribution is -2.21. The van der Waals surface area contributed by atoms with E-state index in [1.165, 1.54) is 6.07 Å². The number of pyridine rings is 1. The summed E-state index contributed by atoms with van der Waals surface area (Å²) in [5.74, 6) is -0.105. The molecule has 1 aliphatic rings. The summed E-state index contributed by atoms with van der Waals surface area (Å²) in [6.07, 6.45) is 2.87. The molecule has 0 N–H and O–H groups in total. The van der Waals surface area contributed by atoms with Gasteiger partial charge < -0.3 is 0 Å². The van der Waals surface area contributed by atoms with Crippen molar-refractivity contribution in [2.75, 3.05) is 0 Å². The van der Waals surface area contributed by atoms with E-state index in [1.54, 1.807) is 18.3 Å². The number of ketones is 1. The van der Waals surface area contributed by atoms with E-state index >= 15 is 0 Å². The molecule has 1 aromatic carbocycles. The molecule has 0 fully saturated rings. The lowest BCUT2D eigenvalue weighted by atomic mass is 9.79. The average molecular weight is 269 g/mol. The Hall–Kier alpha value is -2.03. The highest BCUT2D eigenvalue weighted by atomic mass is 19.1. The highest BCUT2D eigenvalue weighted by Crippen LogP contribution is 2.34. The standard InChI is InChI=1S/C17H16FNO/c1-10-3-4-13(18)9-14(10)12-7-15-17(16(20)8-12)11(2)5-6-19-15/h3-6,9,12H,7-8H2,1-2H3/t12-/m0/s1. The molecule has 0 spiro atoms.